The van der Waals surface area contributed by atoms with Gasteiger partial charge in [-0.3, -0.25) is 9.69 Å². The molecule has 0 aliphatic carbocycles. The van der Waals surface area contributed by atoms with Crippen molar-refractivity contribution in [2.24, 2.45) is 0 Å². The summed E-state index contributed by atoms with van der Waals surface area (Å²) < 4.78 is 0. The number of nitrogens with zero attached hydrogens (tertiary/aromatic N) is 2. The van der Waals surface area contributed by atoms with Gasteiger partial charge in [0.1, 0.15) is 0 Å². The minimum atomic E-state index is -0.841. The Morgan fingerprint density at radius 1 is 1.24 bits per heavy atom. The summed E-state index contributed by atoms with van der Waals surface area (Å²) in [5.41, 5.74) is 0.652. The number of benzene rings is 1. The second-order valence-electron chi connectivity index (χ2n) is 4.95. The molecule has 21 heavy (non-hydrogen) atoms. The maximum Gasteiger partial charge on any atom is 0.321 e. The molecule has 0 aromatic heterocycles. The SMILES string of the molecule is O=C(O)CN1CCCN(C(=O)Nc2cccc(Cl)c2)CC1. The van der Waals surface area contributed by atoms with Gasteiger partial charge in [0.15, 0.2) is 0 Å². The van der Waals surface area contributed by atoms with Crippen molar-refractivity contribution in [1.29, 1.82) is 0 Å². The fourth-order valence-electron chi connectivity index (χ4n) is 2.29. The first kappa shape index (κ1) is 15.6. The van der Waals surface area contributed by atoms with Gasteiger partial charge in [0.2, 0.25) is 0 Å². The molecule has 2 N–H and O–H groups in total. The zero-order valence-corrected chi connectivity index (χ0v) is 12.3. The number of aliphatic carboxylic acids is 1. The van der Waals surface area contributed by atoms with Crippen molar-refractivity contribution >= 4 is 29.3 Å². The van der Waals surface area contributed by atoms with Crippen LogP contribution in [-0.2, 0) is 4.79 Å². The highest BCUT2D eigenvalue weighted by atomic mass is 35.5. The van der Waals surface area contributed by atoms with Crippen LogP contribution in [0.25, 0.3) is 0 Å². The van der Waals surface area contributed by atoms with Crippen LogP contribution in [0.2, 0.25) is 5.02 Å². The lowest BCUT2D eigenvalue weighted by Gasteiger charge is -2.21. The Hall–Kier alpha value is -1.79. The topological polar surface area (TPSA) is 72.9 Å². The Kier molecular flexibility index (Phi) is 5.41. The van der Waals surface area contributed by atoms with Gasteiger partial charge in [0, 0.05) is 36.9 Å². The average molecular weight is 312 g/mol. The number of carboxylic acids is 1. The molecular weight excluding hydrogens is 294 g/mol. The van der Waals surface area contributed by atoms with Crippen LogP contribution in [0.4, 0.5) is 10.5 Å². The summed E-state index contributed by atoms with van der Waals surface area (Å²) in [7, 11) is 0. The van der Waals surface area contributed by atoms with E-state index in [1.165, 1.54) is 0 Å². The molecule has 2 amide bonds. The minimum Gasteiger partial charge on any atom is -0.480 e. The van der Waals surface area contributed by atoms with E-state index >= 15 is 0 Å². The lowest BCUT2D eigenvalue weighted by atomic mass is 10.3. The number of urea groups is 1. The van der Waals surface area contributed by atoms with E-state index in [4.69, 9.17) is 16.7 Å². The largest absolute Gasteiger partial charge is 0.480 e. The van der Waals surface area contributed by atoms with Crippen molar-refractivity contribution in [3.05, 3.63) is 29.3 Å². The van der Waals surface area contributed by atoms with Gasteiger partial charge in [-0.15, -0.1) is 0 Å². The van der Waals surface area contributed by atoms with Crippen molar-refractivity contribution in [2.45, 2.75) is 6.42 Å². The highest BCUT2D eigenvalue weighted by molar-refractivity contribution is 6.30. The third-order valence-electron chi connectivity index (χ3n) is 3.31. The molecule has 1 aromatic rings. The second-order valence-corrected chi connectivity index (χ2v) is 5.39. The van der Waals surface area contributed by atoms with Gasteiger partial charge < -0.3 is 15.3 Å². The summed E-state index contributed by atoms with van der Waals surface area (Å²) in [6.45, 7) is 2.40. The molecule has 1 saturated heterocycles. The third kappa shape index (κ3) is 4.91. The molecule has 1 aliphatic heterocycles. The fourth-order valence-corrected chi connectivity index (χ4v) is 2.48. The van der Waals surface area contributed by atoms with Crippen LogP contribution in [0.15, 0.2) is 24.3 Å². The van der Waals surface area contributed by atoms with Crippen LogP contribution < -0.4 is 5.32 Å². The van der Waals surface area contributed by atoms with Crippen molar-refractivity contribution < 1.29 is 14.7 Å². The van der Waals surface area contributed by atoms with Gasteiger partial charge in [-0.2, -0.15) is 0 Å². The van der Waals surface area contributed by atoms with Crippen molar-refractivity contribution in [3.8, 4) is 0 Å². The molecule has 0 spiro atoms. The number of anilines is 1. The average Bonchev–Trinajstić information content (AvgIpc) is 2.63. The summed E-state index contributed by atoms with van der Waals surface area (Å²) >= 11 is 5.88. The normalized spacial score (nSPS) is 16.3. The van der Waals surface area contributed by atoms with Crippen molar-refractivity contribution in [2.75, 3.05) is 38.0 Å². The van der Waals surface area contributed by atoms with Gasteiger partial charge >= 0.3 is 12.0 Å². The second kappa shape index (κ2) is 7.28. The molecule has 0 atom stereocenters. The summed E-state index contributed by atoms with van der Waals surface area (Å²) in [6.07, 6.45) is 0.760. The number of rotatable bonds is 3. The smallest absolute Gasteiger partial charge is 0.321 e. The maximum atomic E-state index is 12.2. The van der Waals surface area contributed by atoms with Crippen LogP contribution >= 0.6 is 11.6 Å². The number of amides is 2. The molecule has 0 radical (unpaired) electrons. The Morgan fingerprint density at radius 3 is 2.76 bits per heavy atom. The number of halogens is 1. The molecule has 1 heterocycles. The van der Waals surface area contributed by atoms with Gasteiger partial charge in [0.25, 0.3) is 0 Å². The molecule has 1 aliphatic rings. The Morgan fingerprint density at radius 2 is 2.05 bits per heavy atom. The highest BCUT2D eigenvalue weighted by Gasteiger charge is 2.20. The van der Waals surface area contributed by atoms with Crippen LogP contribution in [0.3, 0.4) is 0 Å². The van der Waals surface area contributed by atoms with E-state index in [0.29, 0.717) is 36.9 Å². The van der Waals surface area contributed by atoms with E-state index < -0.39 is 5.97 Å². The number of carbonyl (C=O) groups excluding carboxylic acids is 1. The summed E-state index contributed by atoms with van der Waals surface area (Å²) in [5, 5.41) is 12.2. The summed E-state index contributed by atoms with van der Waals surface area (Å²) in [4.78, 5) is 26.5. The van der Waals surface area contributed by atoms with E-state index in [0.717, 1.165) is 6.42 Å². The van der Waals surface area contributed by atoms with E-state index in [1.807, 2.05) is 4.90 Å². The number of nitrogens with one attached hydrogen (secondary N) is 1. The molecule has 1 fully saturated rings. The predicted molar refractivity (Wildman–Crippen MR) is 80.7 cm³/mol. The first-order valence-corrected chi connectivity index (χ1v) is 7.18. The van der Waals surface area contributed by atoms with E-state index in [-0.39, 0.29) is 12.6 Å². The Labute approximate surface area is 128 Å². The van der Waals surface area contributed by atoms with Gasteiger partial charge in [0.05, 0.1) is 6.54 Å². The van der Waals surface area contributed by atoms with Crippen LogP contribution in [0, 0.1) is 0 Å². The highest BCUT2D eigenvalue weighted by Crippen LogP contribution is 2.15. The number of carbonyl (C=O) groups is 2. The van der Waals surface area contributed by atoms with Crippen LogP contribution in [-0.4, -0.2) is 59.6 Å². The predicted octanol–water partition coefficient (Wildman–Crippen LogP) is 1.96. The molecule has 2 rings (SSSR count). The molecule has 0 bridgehead atoms. The quantitative estimate of drug-likeness (QED) is 0.895. The molecule has 1 aromatic carbocycles. The van der Waals surface area contributed by atoms with Gasteiger partial charge in [-0.05, 0) is 24.6 Å². The van der Waals surface area contributed by atoms with Crippen LogP contribution in [0.1, 0.15) is 6.42 Å². The standard InChI is InChI=1S/C14H18ClN3O3/c15-11-3-1-4-12(9-11)16-14(21)18-6-2-5-17(7-8-18)10-13(19)20/h1,3-4,9H,2,5-8,10H2,(H,16,21)(H,19,20). The monoisotopic (exact) mass is 311 g/mol. The number of carboxylic acid groups (broad SMARTS) is 1. The van der Waals surface area contributed by atoms with Gasteiger partial charge in [-0.25, -0.2) is 4.79 Å². The third-order valence-corrected chi connectivity index (χ3v) is 3.55. The Balaban J connectivity index is 1.89. The van der Waals surface area contributed by atoms with Crippen LogP contribution in [0.5, 0.6) is 0 Å². The molecular formula is C14H18ClN3O3. The first-order valence-electron chi connectivity index (χ1n) is 6.80. The minimum absolute atomic E-state index is 0.0176. The maximum absolute atomic E-state index is 12.2. The lowest BCUT2D eigenvalue weighted by molar-refractivity contribution is -0.138. The summed E-state index contributed by atoms with van der Waals surface area (Å²) in [5.74, 6) is -0.841. The molecule has 7 heteroatoms. The molecule has 0 unspecified atom stereocenters. The van der Waals surface area contributed by atoms with E-state index in [1.54, 1.807) is 29.2 Å². The van der Waals surface area contributed by atoms with Crippen molar-refractivity contribution in [1.82, 2.24) is 9.80 Å². The molecule has 6 nitrogen and oxygen atoms in total. The van der Waals surface area contributed by atoms with Crippen molar-refractivity contribution in [3.63, 3.8) is 0 Å². The van der Waals surface area contributed by atoms with Gasteiger partial charge in [-0.1, -0.05) is 17.7 Å². The lowest BCUT2D eigenvalue weighted by Crippen LogP contribution is -2.38. The molecule has 0 saturated carbocycles. The van der Waals surface area contributed by atoms with E-state index in [2.05, 4.69) is 5.32 Å². The zero-order valence-electron chi connectivity index (χ0n) is 11.6. The number of hydrogen-bond donors (Lipinski definition) is 2. The fraction of sp³-hybridized carbons (Fsp3) is 0.429. The summed E-state index contributed by atoms with van der Waals surface area (Å²) in [6, 6.07) is 6.79. The zero-order chi connectivity index (χ0) is 15.2. The molecule has 114 valence electrons. The van der Waals surface area contributed by atoms with E-state index in [9.17, 15) is 9.59 Å². The number of hydrogen-bond acceptors (Lipinski definition) is 3. The Bertz CT molecular complexity index is 524. The first-order chi connectivity index (χ1) is 10.0.